The molecule has 3 rings (SSSR count). The molecule has 1 aliphatic carbocycles. The summed E-state index contributed by atoms with van der Waals surface area (Å²) in [6.07, 6.45) is 1.38. The summed E-state index contributed by atoms with van der Waals surface area (Å²) in [5.41, 5.74) is 2.39. The number of carbonyl (C=O) groups excluding carboxylic acids is 2. The Labute approximate surface area is 122 Å². The van der Waals surface area contributed by atoms with Crippen LogP contribution in [0.5, 0.6) is 5.75 Å². The van der Waals surface area contributed by atoms with Gasteiger partial charge in [-0.25, -0.2) is 0 Å². The Kier molecular flexibility index (Phi) is 3.40. The first-order chi connectivity index (χ1) is 10.1. The van der Waals surface area contributed by atoms with E-state index in [-0.39, 0.29) is 11.6 Å². The van der Waals surface area contributed by atoms with Crippen LogP contribution in [0.25, 0.3) is 0 Å². The number of ketones is 2. The van der Waals surface area contributed by atoms with Crippen LogP contribution in [-0.4, -0.2) is 11.6 Å². The van der Waals surface area contributed by atoms with E-state index in [2.05, 4.69) is 0 Å². The molecule has 3 nitrogen and oxygen atoms in total. The molecular weight excluding hydrogens is 264 g/mol. The van der Waals surface area contributed by atoms with Crippen LogP contribution >= 0.6 is 0 Å². The molecule has 0 atom stereocenters. The van der Waals surface area contributed by atoms with Crippen molar-refractivity contribution in [3.8, 4) is 5.75 Å². The number of fused-ring (bicyclic) bond motifs is 1. The SMILES string of the molecule is CC1=CC(=O)c2cc(OCc3ccccc3)ccc2C1=O. The van der Waals surface area contributed by atoms with Crippen molar-refractivity contribution in [2.45, 2.75) is 13.5 Å². The Morgan fingerprint density at radius 1 is 0.952 bits per heavy atom. The van der Waals surface area contributed by atoms with Gasteiger partial charge in [0.25, 0.3) is 0 Å². The molecule has 0 amide bonds. The third-order valence-corrected chi connectivity index (χ3v) is 3.46. The van der Waals surface area contributed by atoms with Crippen molar-refractivity contribution in [1.82, 2.24) is 0 Å². The van der Waals surface area contributed by atoms with E-state index in [4.69, 9.17) is 4.74 Å². The smallest absolute Gasteiger partial charge is 0.189 e. The Balaban J connectivity index is 1.83. The van der Waals surface area contributed by atoms with Gasteiger partial charge in [0.05, 0.1) is 0 Å². The van der Waals surface area contributed by atoms with Crippen LogP contribution in [0.4, 0.5) is 0 Å². The molecule has 0 saturated carbocycles. The fourth-order valence-electron chi connectivity index (χ4n) is 2.31. The second kappa shape index (κ2) is 5.37. The average molecular weight is 278 g/mol. The lowest BCUT2D eigenvalue weighted by molar-refractivity contribution is 0.0984. The highest BCUT2D eigenvalue weighted by Crippen LogP contribution is 2.25. The third-order valence-electron chi connectivity index (χ3n) is 3.46. The van der Waals surface area contributed by atoms with Gasteiger partial charge in [0.2, 0.25) is 0 Å². The molecular formula is C18H14O3. The van der Waals surface area contributed by atoms with E-state index in [1.54, 1.807) is 25.1 Å². The largest absolute Gasteiger partial charge is 0.489 e. The molecule has 104 valence electrons. The number of Topliss-reactive ketones (excluding diaryl/α,β-unsaturated/α-hetero) is 1. The summed E-state index contributed by atoms with van der Waals surface area (Å²) in [6, 6.07) is 14.8. The monoisotopic (exact) mass is 278 g/mol. The van der Waals surface area contributed by atoms with E-state index < -0.39 is 0 Å². The average Bonchev–Trinajstić information content (AvgIpc) is 2.51. The molecule has 2 aromatic rings. The molecule has 2 aromatic carbocycles. The Morgan fingerprint density at radius 3 is 2.48 bits per heavy atom. The number of hydrogen-bond acceptors (Lipinski definition) is 3. The molecule has 0 aliphatic heterocycles. The van der Waals surface area contributed by atoms with Gasteiger partial charge in [-0.05, 0) is 36.8 Å². The molecule has 21 heavy (non-hydrogen) atoms. The van der Waals surface area contributed by atoms with E-state index in [1.807, 2.05) is 30.3 Å². The highest BCUT2D eigenvalue weighted by Gasteiger charge is 2.23. The predicted octanol–water partition coefficient (Wildman–Crippen LogP) is 3.59. The summed E-state index contributed by atoms with van der Waals surface area (Å²) in [6.45, 7) is 2.08. The van der Waals surface area contributed by atoms with E-state index >= 15 is 0 Å². The van der Waals surface area contributed by atoms with Gasteiger partial charge in [-0.2, -0.15) is 0 Å². The molecule has 0 N–H and O–H groups in total. The molecule has 0 spiro atoms. The minimum Gasteiger partial charge on any atom is -0.489 e. The highest BCUT2D eigenvalue weighted by atomic mass is 16.5. The van der Waals surface area contributed by atoms with Gasteiger partial charge in [-0.3, -0.25) is 9.59 Å². The van der Waals surface area contributed by atoms with E-state index in [0.29, 0.717) is 29.1 Å². The second-order valence-corrected chi connectivity index (χ2v) is 5.00. The Morgan fingerprint density at radius 2 is 1.71 bits per heavy atom. The molecule has 1 aliphatic rings. The number of ether oxygens (including phenoxy) is 1. The van der Waals surface area contributed by atoms with E-state index in [9.17, 15) is 9.59 Å². The zero-order valence-electron chi connectivity index (χ0n) is 11.6. The van der Waals surface area contributed by atoms with Gasteiger partial charge in [-0.1, -0.05) is 30.3 Å². The number of rotatable bonds is 3. The Hall–Kier alpha value is -2.68. The van der Waals surface area contributed by atoms with Gasteiger partial charge in [-0.15, -0.1) is 0 Å². The lowest BCUT2D eigenvalue weighted by Crippen LogP contribution is -2.15. The zero-order chi connectivity index (χ0) is 14.8. The van der Waals surface area contributed by atoms with Gasteiger partial charge < -0.3 is 4.74 Å². The van der Waals surface area contributed by atoms with Crippen molar-refractivity contribution >= 4 is 11.6 Å². The minimum absolute atomic E-state index is 0.0980. The van der Waals surface area contributed by atoms with Crippen LogP contribution < -0.4 is 4.74 Å². The third kappa shape index (κ3) is 2.63. The number of carbonyl (C=O) groups is 2. The predicted molar refractivity (Wildman–Crippen MR) is 79.6 cm³/mol. The maximum absolute atomic E-state index is 12.0. The maximum atomic E-state index is 12.0. The van der Waals surface area contributed by atoms with Crippen LogP contribution in [0.15, 0.2) is 60.2 Å². The lowest BCUT2D eigenvalue weighted by Gasteiger charge is -2.14. The Bertz CT molecular complexity index is 742. The number of hydrogen-bond donors (Lipinski definition) is 0. The molecule has 0 saturated heterocycles. The quantitative estimate of drug-likeness (QED) is 0.861. The molecule has 0 radical (unpaired) electrons. The lowest BCUT2D eigenvalue weighted by atomic mass is 9.90. The molecule has 0 bridgehead atoms. The van der Waals surface area contributed by atoms with Gasteiger partial charge in [0, 0.05) is 16.7 Å². The molecule has 0 aromatic heterocycles. The summed E-state index contributed by atoms with van der Waals surface area (Å²) in [5, 5.41) is 0. The molecule has 0 heterocycles. The first-order valence-electron chi connectivity index (χ1n) is 6.73. The highest BCUT2D eigenvalue weighted by molar-refractivity contribution is 6.24. The van der Waals surface area contributed by atoms with Crippen molar-refractivity contribution < 1.29 is 14.3 Å². The molecule has 0 fully saturated rings. The minimum atomic E-state index is -0.146. The summed E-state index contributed by atoms with van der Waals surface area (Å²) in [4.78, 5) is 24.0. The fourth-order valence-corrected chi connectivity index (χ4v) is 2.31. The standard InChI is InChI=1S/C18H14O3/c1-12-9-17(19)16-10-14(7-8-15(16)18(12)20)21-11-13-5-3-2-4-6-13/h2-10H,11H2,1H3. The first-order valence-corrected chi connectivity index (χ1v) is 6.73. The van der Waals surface area contributed by atoms with Crippen LogP contribution in [-0.2, 0) is 6.61 Å². The molecule has 3 heteroatoms. The van der Waals surface area contributed by atoms with Crippen LogP contribution in [0.1, 0.15) is 33.2 Å². The van der Waals surface area contributed by atoms with E-state index in [1.165, 1.54) is 6.08 Å². The van der Waals surface area contributed by atoms with Crippen molar-refractivity contribution in [3.05, 3.63) is 76.9 Å². The van der Waals surface area contributed by atoms with Crippen molar-refractivity contribution in [2.24, 2.45) is 0 Å². The zero-order valence-corrected chi connectivity index (χ0v) is 11.6. The van der Waals surface area contributed by atoms with Crippen LogP contribution in [0, 0.1) is 0 Å². The number of benzene rings is 2. The van der Waals surface area contributed by atoms with Gasteiger partial charge in [0.15, 0.2) is 11.6 Å². The maximum Gasteiger partial charge on any atom is 0.189 e. The van der Waals surface area contributed by atoms with Crippen LogP contribution in [0.2, 0.25) is 0 Å². The summed E-state index contributed by atoms with van der Waals surface area (Å²) in [5.74, 6) is 0.346. The van der Waals surface area contributed by atoms with Crippen molar-refractivity contribution in [1.29, 1.82) is 0 Å². The van der Waals surface area contributed by atoms with Gasteiger partial charge >= 0.3 is 0 Å². The summed E-state index contributed by atoms with van der Waals surface area (Å²) >= 11 is 0. The topological polar surface area (TPSA) is 43.4 Å². The molecule has 0 unspecified atom stereocenters. The second-order valence-electron chi connectivity index (χ2n) is 5.00. The van der Waals surface area contributed by atoms with Crippen molar-refractivity contribution in [2.75, 3.05) is 0 Å². The van der Waals surface area contributed by atoms with Crippen LogP contribution in [0.3, 0.4) is 0 Å². The normalized spacial score (nSPS) is 13.7. The number of allylic oxidation sites excluding steroid dienone is 2. The fraction of sp³-hybridized carbons (Fsp3) is 0.111. The first kappa shape index (κ1) is 13.3. The summed E-state index contributed by atoms with van der Waals surface area (Å²) in [7, 11) is 0. The van der Waals surface area contributed by atoms with E-state index in [0.717, 1.165) is 5.56 Å². The summed E-state index contributed by atoms with van der Waals surface area (Å²) < 4.78 is 5.68. The van der Waals surface area contributed by atoms with Crippen molar-refractivity contribution in [3.63, 3.8) is 0 Å². The van der Waals surface area contributed by atoms with Gasteiger partial charge in [0.1, 0.15) is 12.4 Å².